The Hall–Kier alpha value is -1.97. The number of amides is 2. The Morgan fingerprint density at radius 1 is 1.31 bits per heavy atom. The molecule has 1 aliphatic heterocycles. The Bertz CT molecular complexity index is 494. The van der Waals surface area contributed by atoms with E-state index in [0.717, 1.165) is 4.90 Å². The third-order valence-electron chi connectivity index (χ3n) is 2.53. The molecule has 2 rings (SSSR count). The van der Waals surface area contributed by atoms with E-state index in [4.69, 9.17) is 0 Å². The van der Waals surface area contributed by atoms with Crippen LogP contribution in [0.1, 0.15) is 12.0 Å². The number of nitrogens with zero attached hydrogens (tertiary/aromatic N) is 1. The largest absolute Gasteiger partial charge is 0.282 e. The fourth-order valence-electron chi connectivity index (χ4n) is 1.58. The molecule has 4 heteroatoms. The predicted octanol–water partition coefficient (Wildman–Crippen LogP) is 1.60. The van der Waals surface area contributed by atoms with Crippen LogP contribution in [0.2, 0.25) is 0 Å². The summed E-state index contributed by atoms with van der Waals surface area (Å²) >= 11 is 0. The van der Waals surface area contributed by atoms with Gasteiger partial charge in [-0.2, -0.15) is 0 Å². The van der Waals surface area contributed by atoms with E-state index in [1.807, 2.05) is 0 Å². The molecule has 16 heavy (non-hydrogen) atoms. The first kappa shape index (κ1) is 10.5. The number of rotatable bonds is 1. The Morgan fingerprint density at radius 2 is 2.00 bits per heavy atom. The molecule has 1 aliphatic rings. The first-order valence-electron chi connectivity index (χ1n) is 4.85. The van der Waals surface area contributed by atoms with Crippen molar-refractivity contribution >= 4 is 17.9 Å². The number of hydrogen-bond acceptors (Lipinski definition) is 2. The molecule has 1 saturated heterocycles. The van der Waals surface area contributed by atoms with E-state index in [0.29, 0.717) is 11.1 Å². The van der Waals surface area contributed by atoms with Crippen molar-refractivity contribution in [3.05, 3.63) is 41.2 Å². The summed E-state index contributed by atoms with van der Waals surface area (Å²) in [4.78, 5) is 23.8. The lowest BCUT2D eigenvalue weighted by Gasteiger charge is -2.02. The van der Waals surface area contributed by atoms with E-state index in [2.05, 4.69) is 0 Å². The number of likely N-dealkylation sites (N-methyl/N-ethyl adjacent to an activating group) is 1. The molecule has 82 valence electrons. The number of benzene rings is 1. The third kappa shape index (κ3) is 1.74. The van der Waals surface area contributed by atoms with Gasteiger partial charge >= 0.3 is 0 Å². The van der Waals surface area contributed by atoms with Gasteiger partial charge < -0.3 is 0 Å². The molecular weight excluding hydrogens is 209 g/mol. The van der Waals surface area contributed by atoms with E-state index >= 15 is 0 Å². The maximum absolute atomic E-state index is 13.3. The summed E-state index contributed by atoms with van der Waals surface area (Å²) < 4.78 is 13.3. The minimum absolute atomic E-state index is 0.0453. The van der Waals surface area contributed by atoms with E-state index < -0.39 is 5.82 Å². The number of halogens is 1. The molecule has 1 fully saturated rings. The SMILES string of the molecule is CN1C(=O)C/C(=C\c2ccccc2F)C1=O. The molecule has 0 aromatic heterocycles. The fraction of sp³-hybridized carbons (Fsp3) is 0.167. The highest BCUT2D eigenvalue weighted by molar-refractivity contribution is 6.15. The summed E-state index contributed by atoms with van der Waals surface area (Å²) in [6.45, 7) is 0. The van der Waals surface area contributed by atoms with Gasteiger partial charge in [-0.1, -0.05) is 18.2 Å². The molecule has 1 aromatic carbocycles. The van der Waals surface area contributed by atoms with Crippen molar-refractivity contribution in [2.75, 3.05) is 7.05 Å². The lowest BCUT2D eigenvalue weighted by molar-refractivity contribution is -0.135. The average Bonchev–Trinajstić information content (AvgIpc) is 2.50. The molecule has 3 nitrogen and oxygen atoms in total. The number of likely N-dealkylation sites (tertiary alicyclic amines) is 1. The molecule has 1 aromatic rings. The second kappa shape index (κ2) is 3.89. The fourth-order valence-corrected chi connectivity index (χ4v) is 1.58. The molecule has 0 saturated carbocycles. The minimum Gasteiger partial charge on any atom is -0.282 e. The average molecular weight is 219 g/mol. The van der Waals surface area contributed by atoms with Crippen molar-refractivity contribution in [2.24, 2.45) is 0 Å². The first-order chi connectivity index (χ1) is 7.59. The number of carbonyl (C=O) groups excluding carboxylic acids is 2. The molecule has 0 N–H and O–H groups in total. The van der Waals surface area contributed by atoms with Crippen LogP contribution in [0.15, 0.2) is 29.8 Å². The molecule has 0 atom stereocenters. The Labute approximate surface area is 92.2 Å². The van der Waals surface area contributed by atoms with Gasteiger partial charge in [-0.05, 0) is 12.1 Å². The van der Waals surface area contributed by atoms with Gasteiger partial charge in [0.15, 0.2) is 0 Å². The number of hydrogen-bond donors (Lipinski definition) is 0. The van der Waals surface area contributed by atoms with Crippen molar-refractivity contribution < 1.29 is 14.0 Å². The predicted molar refractivity (Wildman–Crippen MR) is 56.8 cm³/mol. The van der Waals surface area contributed by atoms with Crippen LogP contribution in [0, 0.1) is 5.82 Å². The molecule has 0 radical (unpaired) electrons. The van der Waals surface area contributed by atoms with Crippen molar-refractivity contribution in [1.29, 1.82) is 0 Å². The van der Waals surface area contributed by atoms with Crippen molar-refractivity contribution in [1.82, 2.24) is 4.90 Å². The van der Waals surface area contributed by atoms with Crippen LogP contribution in [0.25, 0.3) is 6.08 Å². The topological polar surface area (TPSA) is 37.4 Å². The summed E-state index contributed by atoms with van der Waals surface area (Å²) in [5, 5.41) is 0. The summed E-state index contributed by atoms with van der Waals surface area (Å²) in [5.74, 6) is -1.01. The van der Waals surface area contributed by atoms with Gasteiger partial charge in [-0.25, -0.2) is 4.39 Å². The van der Waals surface area contributed by atoms with Crippen LogP contribution in [-0.2, 0) is 9.59 Å². The van der Waals surface area contributed by atoms with Crippen molar-refractivity contribution in [2.45, 2.75) is 6.42 Å². The molecular formula is C12H10FNO2. The lowest BCUT2D eigenvalue weighted by atomic mass is 10.1. The second-order valence-electron chi connectivity index (χ2n) is 3.63. The first-order valence-corrected chi connectivity index (χ1v) is 4.85. The van der Waals surface area contributed by atoms with Gasteiger partial charge in [-0.15, -0.1) is 0 Å². The third-order valence-corrected chi connectivity index (χ3v) is 2.53. The van der Waals surface area contributed by atoms with Crippen LogP contribution >= 0.6 is 0 Å². The maximum Gasteiger partial charge on any atom is 0.256 e. The van der Waals surface area contributed by atoms with Crippen LogP contribution in [0.4, 0.5) is 4.39 Å². The minimum atomic E-state index is -0.398. The van der Waals surface area contributed by atoms with Gasteiger partial charge in [0, 0.05) is 18.2 Å². The van der Waals surface area contributed by atoms with E-state index in [9.17, 15) is 14.0 Å². The molecule has 0 aliphatic carbocycles. The van der Waals surface area contributed by atoms with Gasteiger partial charge in [-0.3, -0.25) is 14.5 Å². The second-order valence-corrected chi connectivity index (χ2v) is 3.63. The van der Waals surface area contributed by atoms with E-state index in [1.165, 1.54) is 19.2 Å². The van der Waals surface area contributed by atoms with Gasteiger partial charge in [0.25, 0.3) is 5.91 Å². The molecule has 1 heterocycles. The maximum atomic E-state index is 13.3. The zero-order chi connectivity index (χ0) is 11.7. The van der Waals surface area contributed by atoms with Crippen molar-refractivity contribution in [3.8, 4) is 0 Å². The Balaban J connectivity index is 2.37. The normalized spacial score (nSPS) is 18.6. The number of imide groups is 1. The highest BCUT2D eigenvalue weighted by atomic mass is 19.1. The van der Waals surface area contributed by atoms with Gasteiger partial charge in [0.05, 0.1) is 6.42 Å². The highest BCUT2D eigenvalue weighted by Crippen LogP contribution is 2.21. The van der Waals surface area contributed by atoms with E-state index in [-0.39, 0.29) is 18.2 Å². The van der Waals surface area contributed by atoms with Gasteiger partial charge in [0.1, 0.15) is 5.82 Å². The summed E-state index contributed by atoms with van der Waals surface area (Å²) in [5.41, 5.74) is 0.659. The summed E-state index contributed by atoms with van der Waals surface area (Å²) in [6.07, 6.45) is 1.47. The zero-order valence-electron chi connectivity index (χ0n) is 8.74. The van der Waals surface area contributed by atoms with E-state index in [1.54, 1.807) is 18.2 Å². The molecule has 0 unspecified atom stereocenters. The zero-order valence-corrected chi connectivity index (χ0v) is 8.74. The van der Waals surface area contributed by atoms with Crippen molar-refractivity contribution in [3.63, 3.8) is 0 Å². The van der Waals surface area contributed by atoms with Crippen LogP contribution in [-0.4, -0.2) is 23.8 Å². The number of carbonyl (C=O) groups is 2. The Kier molecular flexibility index (Phi) is 2.56. The molecule has 0 spiro atoms. The van der Waals surface area contributed by atoms with Crippen LogP contribution in [0.5, 0.6) is 0 Å². The van der Waals surface area contributed by atoms with Crippen LogP contribution < -0.4 is 0 Å². The van der Waals surface area contributed by atoms with Crippen LogP contribution in [0.3, 0.4) is 0 Å². The smallest absolute Gasteiger partial charge is 0.256 e. The molecule has 0 bridgehead atoms. The van der Waals surface area contributed by atoms with Gasteiger partial charge in [0.2, 0.25) is 5.91 Å². The molecule has 2 amide bonds. The summed E-state index contributed by atoms with van der Waals surface area (Å²) in [7, 11) is 1.42. The summed E-state index contributed by atoms with van der Waals surface area (Å²) in [6, 6.07) is 6.14. The standard InChI is InChI=1S/C12H10FNO2/c1-14-11(15)7-9(12(14)16)6-8-4-2-3-5-10(8)13/h2-6H,7H2,1H3/b9-6+. The quantitative estimate of drug-likeness (QED) is 0.531. The highest BCUT2D eigenvalue weighted by Gasteiger charge is 2.30. The Morgan fingerprint density at radius 3 is 2.56 bits per heavy atom. The lowest BCUT2D eigenvalue weighted by Crippen LogP contribution is -2.23. The monoisotopic (exact) mass is 219 g/mol.